The number of piperidine rings is 1. The van der Waals surface area contributed by atoms with Gasteiger partial charge in [0, 0.05) is 43.9 Å². The van der Waals surface area contributed by atoms with Gasteiger partial charge in [0.05, 0.1) is 11.9 Å². The van der Waals surface area contributed by atoms with E-state index in [0.717, 1.165) is 44.2 Å². The molecule has 1 saturated heterocycles. The van der Waals surface area contributed by atoms with Gasteiger partial charge in [-0.25, -0.2) is 4.98 Å². The number of carbonyl (C=O) groups is 1. The molecular formula is C22H29N3O2. The summed E-state index contributed by atoms with van der Waals surface area (Å²) >= 11 is 0. The van der Waals surface area contributed by atoms with Crippen molar-refractivity contribution < 1.29 is 9.90 Å². The summed E-state index contributed by atoms with van der Waals surface area (Å²) in [5.41, 5.74) is 0.203. The van der Waals surface area contributed by atoms with E-state index in [1.807, 2.05) is 41.1 Å². The largest absolute Gasteiger partial charge is 0.385 e. The van der Waals surface area contributed by atoms with Crippen LogP contribution in [-0.4, -0.2) is 38.1 Å². The molecule has 0 bridgehead atoms. The van der Waals surface area contributed by atoms with Crippen LogP contribution in [-0.2, 0) is 16.9 Å². The Morgan fingerprint density at radius 3 is 2.81 bits per heavy atom. The monoisotopic (exact) mass is 367 g/mol. The van der Waals surface area contributed by atoms with Crippen molar-refractivity contribution in [1.29, 1.82) is 0 Å². The van der Waals surface area contributed by atoms with Crippen molar-refractivity contribution >= 4 is 5.91 Å². The minimum atomic E-state index is -0.806. The van der Waals surface area contributed by atoms with Gasteiger partial charge in [0.2, 0.25) is 5.91 Å². The maximum absolute atomic E-state index is 12.9. The number of likely N-dealkylation sites (tertiary alicyclic amines) is 1. The number of imidazole rings is 1. The molecule has 1 aliphatic heterocycles. The average Bonchev–Trinajstić information content (AvgIpc) is 3.22. The average molecular weight is 367 g/mol. The van der Waals surface area contributed by atoms with Gasteiger partial charge in [-0.05, 0) is 31.2 Å². The first-order valence-electron chi connectivity index (χ1n) is 10.2. The third-order valence-corrected chi connectivity index (χ3v) is 6.44. The number of fused-ring (bicyclic) bond motifs is 1. The summed E-state index contributed by atoms with van der Waals surface area (Å²) in [7, 11) is 0. The zero-order chi connectivity index (χ0) is 18.7. The molecule has 2 aliphatic rings. The van der Waals surface area contributed by atoms with Gasteiger partial charge < -0.3 is 14.6 Å². The number of carbonyl (C=O) groups excluding carboxylic acids is 1. The summed E-state index contributed by atoms with van der Waals surface area (Å²) in [6, 6.07) is 10.2. The van der Waals surface area contributed by atoms with Crippen LogP contribution < -0.4 is 0 Å². The van der Waals surface area contributed by atoms with Crippen LogP contribution in [0.1, 0.15) is 50.5 Å². The molecular weight excluding hydrogens is 338 g/mol. The van der Waals surface area contributed by atoms with E-state index in [1.165, 1.54) is 0 Å². The number of nitrogens with zero attached hydrogens (tertiary/aromatic N) is 3. The molecule has 0 spiro atoms. The molecule has 1 N–H and O–H groups in total. The number of hydrogen-bond acceptors (Lipinski definition) is 3. The van der Waals surface area contributed by atoms with E-state index < -0.39 is 5.60 Å². The van der Waals surface area contributed by atoms with E-state index in [-0.39, 0.29) is 17.9 Å². The Kier molecular flexibility index (Phi) is 5.30. The predicted molar refractivity (Wildman–Crippen MR) is 104 cm³/mol. The third kappa shape index (κ3) is 3.65. The van der Waals surface area contributed by atoms with Gasteiger partial charge in [-0.3, -0.25) is 4.79 Å². The van der Waals surface area contributed by atoms with Crippen molar-refractivity contribution in [2.75, 3.05) is 6.54 Å². The summed E-state index contributed by atoms with van der Waals surface area (Å²) < 4.78 is 2.01. The lowest BCUT2D eigenvalue weighted by atomic mass is 9.66. The highest BCUT2D eigenvalue weighted by molar-refractivity contribution is 5.76. The minimum Gasteiger partial charge on any atom is -0.385 e. The topological polar surface area (TPSA) is 58.4 Å². The second-order valence-electron chi connectivity index (χ2n) is 7.99. The van der Waals surface area contributed by atoms with Crippen LogP contribution in [0, 0.1) is 5.92 Å². The number of amides is 1. The second-order valence-corrected chi connectivity index (χ2v) is 7.99. The van der Waals surface area contributed by atoms with Crippen LogP contribution in [0.3, 0.4) is 0 Å². The second kappa shape index (κ2) is 7.85. The minimum absolute atomic E-state index is 0.139. The molecule has 3 atom stereocenters. The molecule has 2 aromatic rings. The van der Waals surface area contributed by atoms with Gasteiger partial charge >= 0.3 is 0 Å². The molecule has 0 unspecified atom stereocenters. The molecule has 5 nitrogen and oxygen atoms in total. The van der Waals surface area contributed by atoms with Crippen LogP contribution in [0.2, 0.25) is 0 Å². The lowest BCUT2D eigenvalue weighted by Gasteiger charge is -2.52. The highest BCUT2D eigenvalue weighted by Crippen LogP contribution is 2.47. The Labute approximate surface area is 161 Å². The lowest BCUT2D eigenvalue weighted by Crippen LogP contribution is -2.58. The van der Waals surface area contributed by atoms with E-state index in [4.69, 9.17) is 0 Å². The van der Waals surface area contributed by atoms with Crippen LogP contribution >= 0.6 is 0 Å². The van der Waals surface area contributed by atoms with E-state index in [1.54, 1.807) is 12.5 Å². The maximum atomic E-state index is 12.9. The number of aryl methyl sites for hydroxylation is 1. The van der Waals surface area contributed by atoms with Gasteiger partial charge in [0.25, 0.3) is 0 Å². The molecule has 2 fully saturated rings. The van der Waals surface area contributed by atoms with Gasteiger partial charge in [-0.1, -0.05) is 43.2 Å². The van der Waals surface area contributed by atoms with Crippen LogP contribution in [0.15, 0.2) is 49.1 Å². The zero-order valence-corrected chi connectivity index (χ0v) is 15.8. The Hall–Kier alpha value is -2.14. The Bertz CT molecular complexity index is 746. The van der Waals surface area contributed by atoms with Crippen molar-refractivity contribution in [2.45, 2.75) is 63.1 Å². The van der Waals surface area contributed by atoms with Gasteiger partial charge in [0.15, 0.2) is 0 Å². The first-order chi connectivity index (χ1) is 13.2. The van der Waals surface area contributed by atoms with Crippen molar-refractivity contribution in [3.05, 3.63) is 54.6 Å². The molecule has 5 heteroatoms. The van der Waals surface area contributed by atoms with Crippen molar-refractivity contribution in [3.63, 3.8) is 0 Å². The SMILES string of the molecule is O=C(CCCn1ccnc1)N1CC[C@@](O)(c2ccccc2)[C@H]2CCCC[C@@H]21. The van der Waals surface area contributed by atoms with Crippen molar-refractivity contribution in [3.8, 4) is 0 Å². The molecule has 1 saturated carbocycles. The molecule has 4 rings (SSSR count). The number of aromatic nitrogens is 2. The Balaban J connectivity index is 1.45. The normalized spacial score (nSPS) is 28.0. The summed E-state index contributed by atoms with van der Waals surface area (Å²) in [6.07, 6.45) is 11.8. The fraction of sp³-hybridized carbons (Fsp3) is 0.545. The van der Waals surface area contributed by atoms with Crippen molar-refractivity contribution in [1.82, 2.24) is 14.5 Å². The lowest BCUT2D eigenvalue weighted by molar-refractivity contribution is -0.155. The quantitative estimate of drug-likeness (QED) is 0.882. The summed E-state index contributed by atoms with van der Waals surface area (Å²) in [5.74, 6) is 0.377. The first-order valence-corrected chi connectivity index (χ1v) is 10.2. The van der Waals surface area contributed by atoms with Crippen LogP contribution in [0.4, 0.5) is 0 Å². The highest BCUT2D eigenvalue weighted by atomic mass is 16.3. The van der Waals surface area contributed by atoms with E-state index in [2.05, 4.69) is 9.88 Å². The molecule has 1 amide bonds. The summed E-state index contributed by atoms with van der Waals surface area (Å²) in [5, 5.41) is 11.6. The third-order valence-electron chi connectivity index (χ3n) is 6.44. The predicted octanol–water partition coefficient (Wildman–Crippen LogP) is 3.34. The number of hydrogen-bond donors (Lipinski definition) is 1. The Morgan fingerprint density at radius 2 is 2.04 bits per heavy atom. The summed E-state index contributed by atoms with van der Waals surface area (Å²) in [6.45, 7) is 1.47. The van der Waals surface area contributed by atoms with Crippen LogP contribution in [0.25, 0.3) is 0 Å². The van der Waals surface area contributed by atoms with E-state index in [0.29, 0.717) is 19.4 Å². The maximum Gasteiger partial charge on any atom is 0.222 e. The molecule has 1 aromatic carbocycles. The molecule has 2 heterocycles. The number of benzene rings is 1. The van der Waals surface area contributed by atoms with E-state index >= 15 is 0 Å². The number of aliphatic hydroxyl groups is 1. The fourth-order valence-corrected chi connectivity index (χ4v) is 5.05. The molecule has 27 heavy (non-hydrogen) atoms. The molecule has 1 aliphatic carbocycles. The fourth-order valence-electron chi connectivity index (χ4n) is 5.05. The van der Waals surface area contributed by atoms with Gasteiger partial charge in [-0.15, -0.1) is 0 Å². The van der Waals surface area contributed by atoms with Crippen molar-refractivity contribution in [2.24, 2.45) is 5.92 Å². The number of rotatable bonds is 5. The molecule has 1 aromatic heterocycles. The molecule has 0 radical (unpaired) electrons. The Morgan fingerprint density at radius 1 is 1.22 bits per heavy atom. The van der Waals surface area contributed by atoms with E-state index in [9.17, 15) is 9.90 Å². The highest BCUT2D eigenvalue weighted by Gasteiger charge is 2.49. The molecule has 144 valence electrons. The smallest absolute Gasteiger partial charge is 0.222 e. The van der Waals surface area contributed by atoms with Crippen LogP contribution in [0.5, 0.6) is 0 Å². The van der Waals surface area contributed by atoms with Gasteiger partial charge in [0.1, 0.15) is 0 Å². The zero-order valence-electron chi connectivity index (χ0n) is 15.8. The summed E-state index contributed by atoms with van der Waals surface area (Å²) in [4.78, 5) is 19.1. The first kappa shape index (κ1) is 18.2. The standard InChI is InChI=1S/C22H29N3O2/c26-21(11-6-14-24-16-13-23-17-24)25-15-12-22(27,18-7-2-1-3-8-18)19-9-4-5-10-20(19)25/h1-3,7-8,13,16-17,19-20,27H,4-6,9-12,14-15H2/t19-,20-,22+/m0/s1. The van der Waals surface area contributed by atoms with Gasteiger partial charge in [-0.2, -0.15) is 0 Å².